The van der Waals surface area contributed by atoms with Gasteiger partial charge in [0.1, 0.15) is 30.5 Å². The van der Waals surface area contributed by atoms with Gasteiger partial charge in [-0.1, -0.05) is 0 Å². The number of halogens is 2. The van der Waals surface area contributed by atoms with E-state index in [4.69, 9.17) is 4.74 Å². The average molecular weight is 324 g/mol. The van der Waals surface area contributed by atoms with Gasteiger partial charge < -0.3 is 19.9 Å². The number of aromatic amines is 1. The Bertz CT molecular complexity index is 706. The minimum absolute atomic E-state index is 0.0157. The van der Waals surface area contributed by atoms with E-state index in [0.717, 1.165) is 0 Å². The zero-order chi connectivity index (χ0) is 16.4. The molecule has 0 radical (unpaired) electrons. The molecule has 23 heavy (non-hydrogen) atoms. The minimum atomic E-state index is -1.24. The molecule has 6 nitrogen and oxygen atoms in total. The smallest absolute Gasteiger partial charge is 0.317 e. The number of fused-ring (bicyclic) bond motifs is 1. The molecule has 2 atom stereocenters. The van der Waals surface area contributed by atoms with E-state index in [1.165, 1.54) is 17.0 Å². The van der Waals surface area contributed by atoms with Crippen LogP contribution < -0.4 is 5.32 Å². The van der Waals surface area contributed by atoms with Crippen molar-refractivity contribution in [3.63, 3.8) is 0 Å². The lowest BCUT2D eigenvalue weighted by Gasteiger charge is -2.16. The maximum absolute atomic E-state index is 14.0. The van der Waals surface area contributed by atoms with Gasteiger partial charge in [0.05, 0.1) is 24.1 Å². The molecule has 0 aliphatic carbocycles. The average Bonchev–Trinajstić information content (AvgIpc) is 3.08. The number of hydrogen-bond acceptors (Lipinski definition) is 3. The van der Waals surface area contributed by atoms with Crippen LogP contribution in [-0.4, -0.2) is 52.8 Å². The molecule has 2 amide bonds. The summed E-state index contributed by atoms with van der Waals surface area (Å²) in [5.41, 5.74) is 1.19. The van der Waals surface area contributed by atoms with Crippen molar-refractivity contribution in [3.05, 3.63) is 29.8 Å². The molecule has 0 unspecified atom stereocenters. The van der Waals surface area contributed by atoms with Gasteiger partial charge in [0, 0.05) is 6.54 Å². The number of ether oxygens (including phenoxy) is 1. The van der Waals surface area contributed by atoms with E-state index in [1.54, 1.807) is 13.0 Å². The van der Waals surface area contributed by atoms with Crippen LogP contribution >= 0.6 is 0 Å². The Balaban J connectivity index is 1.60. The van der Waals surface area contributed by atoms with Crippen molar-refractivity contribution in [2.45, 2.75) is 25.8 Å². The van der Waals surface area contributed by atoms with E-state index in [2.05, 4.69) is 15.3 Å². The molecular formula is C15H18F2N4O2. The molecule has 8 heteroatoms. The molecule has 1 aliphatic heterocycles. The van der Waals surface area contributed by atoms with Gasteiger partial charge in [0.2, 0.25) is 0 Å². The number of carbonyl (C=O) groups is 1. The first-order valence-electron chi connectivity index (χ1n) is 7.49. The first-order chi connectivity index (χ1) is 11.1. The van der Waals surface area contributed by atoms with Crippen LogP contribution in [0, 0.1) is 5.82 Å². The second-order valence-electron chi connectivity index (χ2n) is 5.45. The van der Waals surface area contributed by atoms with Crippen LogP contribution in [0.1, 0.15) is 12.7 Å². The van der Waals surface area contributed by atoms with Crippen molar-refractivity contribution < 1.29 is 18.3 Å². The van der Waals surface area contributed by atoms with Crippen LogP contribution in [0.2, 0.25) is 0 Å². The number of H-pyrrole nitrogens is 1. The second kappa shape index (κ2) is 6.49. The number of rotatable bonds is 4. The Morgan fingerprint density at radius 1 is 1.52 bits per heavy atom. The molecule has 2 aromatic rings. The van der Waals surface area contributed by atoms with Gasteiger partial charge in [-0.25, -0.2) is 18.6 Å². The number of imidazole rings is 1. The Morgan fingerprint density at radius 2 is 2.35 bits per heavy atom. The van der Waals surface area contributed by atoms with E-state index < -0.39 is 12.3 Å². The van der Waals surface area contributed by atoms with Crippen LogP contribution in [-0.2, 0) is 11.3 Å². The SMILES string of the molecule is CCNC(=O)N1C[C@@H](F)[C@@H](OCc2nc3ccc(F)cc3[nH]2)C1. The molecule has 1 fully saturated rings. The summed E-state index contributed by atoms with van der Waals surface area (Å²) in [7, 11) is 0. The zero-order valence-corrected chi connectivity index (χ0v) is 12.7. The number of urea groups is 1. The third-order valence-corrected chi connectivity index (χ3v) is 3.74. The van der Waals surface area contributed by atoms with Crippen LogP contribution in [0.3, 0.4) is 0 Å². The molecule has 1 aromatic carbocycles. The molecule has 0 spiro atoms. The highest BCUT2D eigenvalue weighted by Crippen LogP contribution is 2.19. The molecule has 2 heterocycles. The largest absolute Gasteiger partial charge is 0.365 e. The summed E-state index contributed by atoms with van der Waals surface area (Å²) in [5.74, 6) is 0.139. The lowest BCUT2D eigenvalue weighted by Crippen LogP contribution is -2.39. The van der Waals surface area contributed by atoms with Crippen LogP contribution in [0.4, 0.5) is 13.6 Å². The van der Waals surface area contributed by atoms with Gasteiger partial charge in [-0.3, -0.25) is 0 Å². The fourth-order valence-electron chi connectivity index (χ4n) is 2.61. The molecule has 2 N–H and O–H groups in total. The maximum atomic E-state index is 14.0. The standard InChI is InChI=1S/C15H18F2N4O2/c1-2-18-15(22)21-6-10(17)13(7-21)23-8-14-19-11-4-3-9(16)5-12(11)20-14/h3-5,10,13H,2,6-8H2,1H3,(H,18,22)(H,19,20)/t10-,13+/m1/s1. The number of likely N-dealkylation sites (tertiary alicyclic amines) is 1. The van der Waals surface area contributed by atoms with Gasteiger partial charge in [0.15, 0.2) is 0 Å². The summed E-state index contributed by atoms with van der Waals surface area (Å²) in [5, 5.41) is 2.64. The highest BCUT2D eigenvalue weighted by atomic mass is 19.1. The molecule has 1 aromatic heterocycles. The van der Waals surface area contributed by atoms with Crippen LogP contribution in [0.25, 0.3) is 11.0 Å². The monoisotopic (exact) mass is 324 g/mol. The van der Waals surface area contributed by atoms with Gasteiger partial charge in [0.25, 0.3) is 0 Å². The van der Waals surface area contributed by atoms with Gasteiger partial charge >= 0.3 is 6.03 Å². The lowest BCUT2D eigenvalue weighted by atomic mass is 10.3. The normalized spacial score (nSPS) is 21.1. The second-order valence-corrected chi connectivity index (χ2v) is 5.45. The van der Waals surface area contributed by atoms with Crippen LogP contribution in [0.15, 0.2) is 18.2 Å². The van der Waals surface area contributed by atoms with Crippen molar-refractivity contribution in [2.75, 3.05) is 19.6 Å². The lowest BCUT2D eigenvalue weighted by molar-refractivity contribution is 0.00952. The van der Waals surface area contributed by atoms with Crippen molar-refractivity contribution in [1.29, 1.82) is 0 Å². The van der Waals surface area contributed by atoms with E-state index in [-0.39, 0.29) is 31.5 Å². The fourth-order valence-corrected chi connectivity index (χ4v) is 2.61. The Hall–Kier alpha value is -2.22. The molecule has 1 aliphatic rings. The van der Waals surface area contributed by atoms with Crippen molar-refractivity contribution >= 4 is 17.1 Å². The first kappa shape index (κ1) is 15.7. The number of benzene rings is 1. The summed E-state index contributed by atoms with van der Waals surface area (Å²) in [6.45, 7) is 2.58. The number of carbonyl (C=O) groups excluding carboxylic acids is 1. The van der Waals surface area contributed by atoms with Crippen LogP contribution in [0.5, 0.6) is 0 Å². The maximum Gasteiger partial charge on any atom is 0.317 e. The summed E-state index contributed by atoms with van der Waals surface area (Å²) in [6, 6.07) is 3.94. The number of alkyl halides is 1. The first-order valence-corrected chi connectivity index (χ1v) is 7.49. The number of amides is 2. The van der Waals surface area contributed by atoms with Crippen molar-refractivity contribution in [1.82, 2.24) is 20.2 Å². The third-order valence-electron chi connectivity index (χ3n) is 3.74. The van der Waals surface area contributed by atoms with E-state index in [9.17, 15) is 13.6 Å². The topological polar surface area (TPSA) is 70.2 Å². The molecule has 124 valence electrons. The van der Waals surface area contributed by atoms with Gasteiger partial charge in [-0.2, -0.15) is 0 Å². The number of hydrogen-bond donors (Lipinski definition) is 2. The number of nitrogens with one attached hydrogen (secondary N) is 2. The highest BCUT2D eigenvalue weighted by Gasteiger charge is 2.36. The van der Waals surface area contributed by atoms with Crippen molar-refractivity contribution in [3.8, 4) is 0 Å². The highest BCUT2D eigenvalue weighted by molar-refractivity contribution is 5.75. The quantitative estimate of drug-likeness (QED) is 0.903. The molecular weight excluding hydrogens is 306 g/mol. The van der Waals surface area contributed by atoms with E-state index in [0.29, 0.717) is 23.4 Å². The fraction of sp³-hybridized carbons (Fsp3) is 0.467. The van der Waals surface area contributed by atoms with Gasteiger partial charge in [-0.15, -0.1) is 0 Å². The number of aromatic nitrogens is 2. The molecule has 3 rings (SSSR count). The Morgan fingerprint density at radius 3 is 3.13 bits per heavy atom. The summed E-state index contributed by atoms with van der Waals surface area (Å²) in [4.78, 5) is 20.3. The summed E-state index contributed by atoms with van der Waals surface area (Å²) < 4.78 is 32.6. The minimum Gasteiger partial charge on any atom is -0.365 e. The summed E-state index contributed by atoms with van der Waals surface area (Å²) >= 11 is 0. The molecule has 0 bridgehead atoms. The third kappa shape index (κ3) is 3.42. The van der Waals surface area contributed by atoms with Crippen molar-refractivity contribution in [2.24, 2.45) is 0 Å². The molecule has 1 saturated heterocycles. The Labute approximate surface area is 131 Å². The predicted molar refractivity (Wildman–Crippen MR) is 80.2 cm³/mol. The Kier molecular flexibility index (Phi) is 4.42. The van der Waals surface area contributed by atoms with Gasteiger partial charge in [-0.05, 0) is 25.1 Å². The number of nitrogens with zero attached hydrogens (tertiary/aromatic N) is 2. The summed E-state index contributed by atoms with van der Waals surface area (Å²) in [6.07, 6.45) is -1.93. The zero-order valence-electron chi connectivity index (χ0n) is 12.7. The van der Waals surface area contributed by atoms with E-state index in [1.807, 2.05) is 0 Å². The predicted octanol–water partition coefficient (Wildman–Crippen LogP) is 1.97. The van der Waals surface area contributed by atoms with E-state index >= 15 is 0 Å². The molecule has 0 saturated carbocycles.